The zero-order chi connectivity index (χ0) is 22.5. The first kappa shape index (κ1) is 21.7. The number of nitrogens with zero attached hydrogens (tertiary/aromatic N) is 3. The number of hydrogen-bond donors (Lipinski definition) is 1. The largest absolute Gasteiger partial charge is 0.493 e. The first-order valence-corrected chi connectivity index (χ1v) is 11.0. The van der Waals surface area contributed by atoms with Crippen LogP contribution in [0.5, 0.6) is 11.5 Å². The van der Waals surface area contributed by atoms with Crippen LogP contribution in [0.2, 0.25) is 0 Å². The van der Waals surface area contributed by atoms with Gasteiger partial charge < -0.3 is 14.8 Å². The molecule has 1 N–H and O–H groups in total. The summed E-state index contributed by atoms with van der Waals surface area (Å²) in [6, 6.07) is 15.9. The van der Waals surface area contributed by atoms with Crippen molar-refractivity contribution in [2.24, 2.45) is 0 Å². The molecule has 0 atom stereocenters. The van der Waals surface area contributed by atoms with E-state index in [0.29, 0.717) is 24.3 Å². The predicted octanol–water partition coefficient (Wildman–Crippen LogP) is 4.24. The molecule has 8 heteroatoms. The summed E-state index contributed by atoms with van der Waals surface area (Å²) >= 11 is 1.56. The molecule has 4 rings (SSSR count). The summed E-state index contributed by atoms with van der Waals surface area (Å²) in [5.74, 6) is 1.36. The molecule has 0 aliphatic carbocycles. The van der Waals surface area contributed by atoms with Crippen LogP contribution < -0.4 is 14.8 Å². The highest BCUT2D eigenvalue weighted by molar-refractivity contribution is 7.99. The number of carbonyl (C=O) groups excluding carboxylic acids is 1. The Morgan fingerprint density at radius 2 is 1.84 bits per heavy atom. The third-order valence-corrected chi connectivity index (χ3v) is 6.07. The second kappa shape index (κ2) is 9.74. The lowest BCUT2D eigenvalue weighted by Crippen LogP contribution is -2.17. The zero-order valence-electron chi connectivity index (χ0n) is 18.2. The van der Waals surface area contributed by atoms with Crippen molar-refractivity contribution < 1.29 is 14.3 Å². The number of imidazole rings is 1. The van der Waals surface area contributed by atoms with Gasteiger partial charge in [0.25, 0.3) is 0 Å². The molecule has 2 heterocycles. The maximum atomic E-state index is 11.5. The van der Waals surface area contributed by atoms with Crippen LogP contribution in [0.3, 0.4) is 0 Å². The number of fused-ring (bicyclic) bond motifs is 1. The number of rotatable bonds is 8. The molecule has 32 heavy (non-hydrogen) atoms. The van der Waals surface area contributed by atoms with Crippen molar-refractivity contribution in [1.29, 1.82) is 0 Å². The number of aryl methyl sites for hydroxylation is 1. The SMILES string of the molecule is CNC(=O)CCc1ccc(Sc2nc(-c3ccc(OC)c(OC)c3)cc3nccn23)cc1. The Kier molecular flexibility index (Phi) is 6.61. The molecule has 0 unspecified atom stereocenters. The van der Waals surface area contributed by atoms with Gasteiger partial charge in [-0.25, -0.2) is 9.97 Å². The van der Waals surface area contributed by atoms with E-state index >= 15 is 0 Å². The van der Waals surface area contributed by atoms with Crippen LogP contribution in [-0.4, -0.2) is 41.5 Å². The van der Waals surface area contributed by atoms with Crippen LogP contribution in [0.1, 0.15) is 12.0 Å². The van der Waals surface area contributed by atoms with E-state index in [0.717, 1.165) is 32.5 Å². The average Bonchev–Trinajstić information content (AvgIpc) is 3.32. The first-order chi connectivity index (χ1) is 15.6. The standard InChI is InChI=1S/C24H24N4O3S/c1-25-23(29)11-6-16-4-8-18(9-5-16)32-24-27-19(15-22-26-12-13-28(22)24)17-7-10-20(30-2)21(14-17)31-3/h4-5,7-10,12-15H,6,11H2,1-3H3,(H,25,29). The molecule has 0 saturated heterocycles. The van der Waals surface area contributed by atoms with Crippen molar-refractivity contribution >= 4 is 23.3 Å². The number of hydrogen-bond acceptors (Lipinski definition) is 6. The maximum Gasteiger partial charge on any atom is 0.220 e. The molecule has 0 aliphatic heterocycles. The third kappa shape index (κ3) is 4.70. The highest BCUT2D eigenvalue weighted by Crippen LogP contribution is 2.34. The van der Waals surface area contributed by atoms with E-state index in [9.17, 15) is 4.79 Å². The molecule has 7 nitrogen and oxygen atoms in total. The summed E-state index contributed by atoms with van der Waals surface area (Å²) in [6.07, 6.45) is 4.86. The molecular weight excluding hydrogens is 424 g/mol. The summed E-state index contributed by atoms with van der Waals surface area (Å²) in [7, 11) is 4.89. The van der Waals surface area contributed by atoms with Gasteiger partial charge in [-0.1, -0.05) is 23.9 Å². The Labute approximate surface area is 190 Å². The van der Waals surface area contributed by atoms with Gasteiger partial charge in [0.15, 0.2) is 16.7 Å². The molecule has 0 saturated carbocycles. The minimum atomic E-state index is 0.0436. The lowest BCUT2D eigenvalue weighted by molar-refractivity contribution is -0.120. The Morgan fingerprint density at radius 3 is 2.56 bits per heavy atom. The fourth-order valence-corrected chi connectivity index (χ4v) is 4.20. The van der Waals surface area contributed by atoms with Crippen molar-refractivity contribution in [3.05, 3.63) is 66.5 Å². The Bertz CT molecular complexity index is 1240. The van der Waals surface area contributed by atoms with Crippen LogP contribution in [-0.2, 0) is 11.2 Å². The monoisotopic (exact) mass is 448 g/mol. The Balaban J connectivity index is 1.62. The van der Waals surface area contributed by atoms with E-state index in [1.807, 2.05) is 34.9 Å². The van der Waals surface area contributed by atoms with Gasteiger partial charge in [-0.3, -0.25) is 9.20 Å². The maximum absolute atomic E-state index is 11.5. The van der Waals surface area contributed by atoms with E-state index in [1.54, 1.807) is 39.2 Å². The molecule has 0 bridgehead atoms. The molecular formula is C24H24N4O3S. The minimum absolute atomic E-state index is 0.0436. The molecule has 1 amide bonds. The van der Waals surface area contributed by atoms with Gasteiger partial charge in [-0.05, 0) is 42.3 Å². The third-order valence-electron chi connectivity index (χ3n) is 5.09. The highest BCUT2D eigenvalue weighted by atomic mass is 32.2. The molecule has 0 spiro atoms. The van der Waals surface area contributed by atoms with Gasteiger partial charge in [-0.2, -0.15) is 0 Å². The van der Waals surface area contributed by atoms with Gasteiger partial charge in [0.1, 0.15) is 5.65 Å². The van der Waals surface area contributed by atoms with E-state index in [1.165, 1.54) is 0 Å². The minimum Gasteiger partial charge on any atom is -0.493 e. The van der Waals surface area contributed by atoms with Crippen LogP contribution >= 0.6 is 11.8 Å². The van der Waals surface area contributed by atoms with Crippen molar-refractivity contribution in [3.63, 3.8) is 0 Å². The summed E-state index contributed by atoms with van der Waals surface area (Å²) in [5.41, 5.74) is 3.65. The quantitative estimate of drug-likeness (QED) is 0.406. The molecule has 2 aromatic heterocycles. The number of methoxy groups -OCH3 is 2. The van der Waals surface area contributed by atoms with Gasteiger partial charge in [-0.15, -0.1) is 0 Å². The molecule has 4 aromatic rings. The van der Waals surface area contributed by atoms with Crippen LogP contribution in [0.15, 0.2) is 71.0 Å². The summed E-state index contributed by atoms with van der Waals surface area (Å²) in [4.78, 5) is 21.9. The molecule has 0 radical (unpaired) electrons. The summed E-state index contributed by atoms with van der Waals surface area (Å²) < 4.78 is 12.8. The van der Waals surface area contributed by atoms with E-state index in [4.69, 9.17) is 14.5 Å². The number of carbonyl (C=O) groups is 1. The van der Waals surface area contributed by atoms with E-state index < -0.39 is 0 Å². The summed E-state index contributed by atoms with van der Waals surface area (Å²) in [6.45, 7) is 0. The van der Waals surface area contributed by atoms with Crippen LogP contribution in [0.25, 0.3) is 16.9 Å². The van der Waals surface area contributed by atoms with Crippen LogP contribution in [0, 0.1) is 0 Å². The fraction of sp³-hybridized carbons (Fsp3) is 0.208. The number of ether oxygens (including phenoxy) is 2. The number of benzene rings is 2. The van der Waals surface area contributed by atoms with Crippen molar-refractivity contribution in [3.8, 4) is 22.8 Å². The van der Waals surface area contributed by atoms with Gasteiger partial charge in [0.2, 0.25) is 5.91 Å². The van der Waals surface area contributed by atoms with E-state index in [2.05, 4.69) is 34.6 Å². The average molecular weight is 449 g/mol. The number of aromatic nitrogens is 3. The normalized spacial score (nSPS) is 10.8. The molecule has 164 valence electrons. The van der Waals surface area contributed by atoms with Gasteiger partial charge in [0.05, 0.1) is 19.9 Å². The lowest BCUT2D eigenvalue weighted by Gasteiger charge is -2.11. The van der Waals surface area contributed by atoms with Crippen molar-refractivity contribution in [1.82, 2.24) is 19.7 Å². The second-order valence-electron chi connectivity index (χ2n) is 7.07. The first-order valence-electron chi connectivity index (χ1n) is 10.1. The lowest BCUT2D eigenvalue weighted by atomic mass is 10.1. The number of amides is 1. The van der Waals surface area contributed by atoms with E-state index in [-0.39, 0.29) is 5.91 Å². The van der Waals surface area contributed by atoms with Gasteiger partial charge in [0, 0.05) is 42.4 Å². The number of nitrogens with one attached hydrogen (secondary N) is 1. The summed E-state index contributed by atoms with van der Waals surface area (Å²) in [5, 5.41) is 3.46. The Morgan fingerprint density at radius 1 is 1.06 bits per heavy atom. The smallest absolute Gasteiger partial charge is 0.220 e. The second-order valence-corrected chi connectivity index (χ2v) is 8.11. The Hall–Kier alpha value is -3.52. The fourth-order valence-electron chi connectivity index (χ4n) is 3.32. The molecule has 0 fully saturated rings. The van der Waals surface area contributed by atoms with Crippen molar-refractivity contribution in [2.45, 2.75) is 22.9 Å². The predicted molar refractivity (Wildman–Crippen MR) is 124 cm³/mol. The van der Waals surface area contributed by atoms with Crippen molar-refractivity contribution in [2.75, 3.05) is 21.3 Å². The zero-order valence-corrected chi connectivity index (χ0v) is 19.0. The topological polar surface area (TPSA) is 77.8 Å². The highest BCUT2D eigenvalue weighted by Gasteiger charge is 2.13. The molecule has 0 aliphatic rings. The molecule has 2 aromatic carbocycles. The van der Waals surface area contributed by atoms with Crippen LogP contribution in [0.4, 0.5) is 0 Å². The van der Waals surface area contributed by atoms with Gasteiger partial charge >= 0.3 is 0 Å².